The highest BCUT2D eigenvalue weighted by Crippen LogP contribution is 2.21. The Balaban J connectivity index is 2.88. The van der Waals surface area contributed by atoms with Crippen LogP contribution in [0.3, 0.4) is 0 Å². The normalized spacial score (nSPS) is 12.8. The van der Waals surface area contributed by atoms with Gasteiger partial charge in [0.05, 0.1) is 18.7 Å². The molecule has 0 aliphatic carbocycles. The first-order chi connectivity index (χ1) is 9.10. The van der Waals surface area contributed by atoms with Gasteiger partial charge in [-0.3, -0.25) is 9.48 Å². The standard InChI is InChI=1S/C13H21N3O4/c1-8-9(7-14-16(8)5)10(6-11(17)18)15-12(19)20-13(2,3)4/h7,10H,6H2,1-5H3,(H,15,19)(H,17,18)/t10-/m1/s1. The van der Waals surface area contributed by atoms with Gasteiger partial charge in [0.2, 0.25) is 0 Å². The van der Waals surface area contributed by atoms with E-state index in [-0.39, 0.29) is 6.42 Å². The summed E-state index contributed by atoms with van der Waals surface area (Å²) in [7, 11) is 1.75. The van der Waals surface area contributed by atoms with Crippen molar-refractivity contribution in [3.63, 3.8) is 0 Å². The average molecular weight is 283 g/mol. The predicted octanol–water partition coefficient (Wildman–Crippen LogP) is 1.77. The Morgan fingerprint density at radius 3 is 2.50 bits per heavy atom. The molecule has 1 atom stereocenters. The Morgan fingerprint density at radius 2 is 2.10 bits per heavy atom. The molecule has 0 spiro atoms. The molecule has 1 aromatic heterocycles. The highest BCUT2D eigenvalue weighted by atomic mass is 16.6. The maximum absolute atomic E-state index is 11.8. The van der Waals surface area contributed by atoms with Crippen LogP contribution in [0.25, 0.3) is 0 Å². The van der Waals surface area contributed by atoms with Gasteiger partial charge in [0, 0.05) is 18.3 Å². The van der Waals surface area contributed by atoms with Crippen molar-refractivity contribution in [1.29, 1.82) is 0 Å². The zero-order valence-corrected chi connectivity index (χ0v) is 12.4. The molecule has 1 rings (SSSR count). The molecule has 20 heavy (non-hydrogen) atoms. The fourth-order valence-electron chi connectivity index (χ4n) is 1.72. The minimum atomic E-state index is -1.01. The quantitative estimate of drug-likeness (QED) is 0.878. The van der Waals surface area contributed by atoms with Gasteiger partial charge in [-0.1, -0.05) is 0 Å². The summed E-state index contributed by atoms with van der Waals surface area (Å²) in [6.45, 7) is 7.05. The second-order valence-corrected chi connectivity index (χ2v) is 5.61. The topological polar surface area (TPSA) is 93.5 Å². The van der Waals surface area contributed by atoms with Crippen LogP contribution in [0.5, 0.6) is 0 Å². The predicted molar refractivity (Wildman–Crippen MR) is 72.3 cm³/mol. The van der Waals surface area contributed by atoms with Crippen LogP contribution in [0.15, 0.2) is 6.20 Å². The number of alkyl carbamates (subject to hydrolysis) is 1. The number of aryl methyl sites for hydroxylation is 1. The van der Waals surface area contributed by atoms with Crippen LogP contribution < -0.4 is 5.32 Å². The summed E-state index contributed by atoms with van der Waals surface area (Å²) in [5.74, 6) is -1.01. The van der Waals surface area contributed by atoms with Crippen molar-refractivity contribution in [2.24, 2.45) is 7.05 Å². The van der Waals surface area contributed by atoms with E-state index in [4.69, 9.17) is 9.84 Å². The number of hydrogen-bond donors (Lipinski definition) is 2. The van der Waals surface area contributed by atoms with Crippen molar-refractivity contribution in [2.45, 2.75) is 45.8 Å². The van der Waals surface area contributed by atoms with Crippen LogP contribution in [0.4, 0.5) is 4.79 Å². The Labute approximate surface area is 117 Å². The maximum atomic E-state index is 11.8. The third-order valence-corrected chi connectivity index (χ3v) is 2.72. The van der Waals surface area contributed by atoms with Crippen LogP contribution in [-0.4, -0.2) is 32.6 Å². The van der Waals surface area contributed by atoms with Gasteiger partial charge >= 0.3 is 12.1 Å². The van der Waals surface area contributed by atoms with Crippen molar-refractivity contribution in [3.8, 4) is 0 Å². The highest BCUT2D eigenvalue weighted by Gasteiger charge is 2.24. The monoisotopic (exact) mass is 283 g/mol. The second kappa shape index (κ2) is 5.94. The first-order valence-electron chi connectivity index (χ1n) is 6.30. The average Bonchev–Trinajstić information content (AvgIpc) is 2.55. The summed E-state index contributed by atoms with van der Waals surface area (Å²) in [5.41, 5.74) is 0.829. The lowest BCUT2D eigenvalue weighted by Gasteiger charge is -2.23. The van der Waals surface area contributed by atoms with Crippen LogP contribution in [-0.2, 0) is 16.6 Å². The van der Waals surface area contributed by atoms with Crippen LogP contribution in [0, 0.1) is 6.92 Å². The Kier molecular flexibility index (Phi) is 4.75. The van der Waals surface area contributed by atoms with Crippen molar-refractivity contribution in [1.82, 2.24) is 15.1 Å². The van der Waals surface area contributed by atoms with Gasteiger partial charge in [0.1, 0.15) is 5.60 Å². The SMILES string of the molecule is Cc1c([C@@H](CC(=O)O)NC(=O)OC(C)(C)C)cnn1C. The number of nitrogens with zero attached hydrogens (tertiary/aromatic N) is 2. The molecule has 0 aliphatic heterocycles. The molecule has 0 radical (unpaired) electrons. The van der Waals surface area contributed by atoms with Crippen LogP contribution in [0.2, 0.25) is 0 Å². The van der Waals surface area contributed by atoms with Gasteiger partial charge in [0.15, 0.2) is 0 Å². The van der Waals surface area contributed by atoms with E-state index in [2.05, 4.69) is 10.4 Å². The first kappa shape index (κ1) is 16.0. The number of aliphatic carboxylic acids is 1. The molecule has 0 fully saturated rings. The van der Waals surface area contributed by atoms with Gasteiger partial charge in [-0.2, -0.15) is 5.10 Å². The largest absolute Gasteiger partial charge is 0.481 e. The van der Waals surface area contributed by atoms with E-state index in [1.54, 1.807) is 38.7 Å². The van der Waals surface area contributed by atoms with E-state index in [1.807, 2.05) is 6.92 Å². The molecule has 1 aromatic rings. The molecule has 1 heterocycles. The number of carbonyl (C=O) groups excluding carboxylic acids is 1. The second-order valence-electron chi connectivity index (χ2n) is 5.61. The van der Waals surface area contributed by atoms with E-state index >= 15 is 0 Å². The van der Waals surface area contributed by atoms with Crippen LogP contribution >= 0.6 is 0 Å². The van der Waals surface area contributed by atoms with Crippen molar-refractivity contribution < 1.29 is 19.4 Å². The summed E-state index contributed by atoms with van der Waals surface area (Å²) in [5, 5.41) is 15.6. The number of amides is 1. The summed E-state index contributed by atoms with van der Waals surface area (Å²) >= 11 is 0. The summed E-state index contributed by atoms with van der Waals surface area (Å²) < 4.78 is 6.77. The molecular weight excluding hydrogens is 262 g/mol. The van der Waals surface area contributed by atoms with Crippen molar-refractivity contribution in [2.75, 3.05) is 0 Å². The van der Waals surface area contributed by atoms with E-state index in [0.29, 0.717) is 5.56 Å². The van der Waals surface area contributed by atoms with E-state index in [9.17, 15) is 9.59 Å². The van der Waals surface area contributed by atoms with Crippen molar-refractivity contribution >= 4 is 12.1 Å². The van der Waals surface area contributed by atoms with Gasteiger partial charge in [-0.25, -0.2) is 4.79 Å². The molecule has 0 aromatic carbocycles. The van der Waals surface area contributed by atoms with E-state index in [1.165, 1.54) is 0 Å². The number of aromatic nitrogens is 2. The third kappa shape index (κ3) is 4.56. The smallest absolute Gasteiger partial charge is 0.408 e. The minimum Gasteiger partial charge on any atom is -0.481 e. The molecule has 0 bridgehead atoms. The van der Waals surface area contributed by atoms with Crippen molar-refractivity contribution in [3.05, 3.63) is 17.5 Å². The Hall–Kier alpha value is -2.05. The Bertz CT molecular complexity index is 502. The molecule has 112 valence electrons. The van der Waals surface area contributed by atoms with Gasteiger partial charge in [0.25, 0.3) is 0 Å². The lowest BCUT2D eigenvalue weighted by atomic mass is 10.1. The number of carbonyl (C=O) groups is 2. The lowest BCUT2D eigenvalue weighted by molar-refractivity contribution is -0.137. The molecule has 0 saturated heterocycles. The molecule has 0 unspecified atom stereocenters. The number of carboxylic acid groups (broad SMARTS) is 1. The fraction of sp³-hybridized carbons (Fsp3) is 0.615. The zero-order valence-electron chi connectivity index (χ0n) is 12.4. The lowest BCUT2D eigenvalue weighted by Crippen LogP contribution is -2.36. The number of carboxylic acids is 1. The number of nitrogens with one attached hydrogen (secondary N) is 1. The zero-order chi connectivity index (χ0) is 15.5. The van der Waals surface area contributed by atoms with Gasteiger partial charge in [-0.05, 0) is 27.7 Å². The number of ether oxygens (including phenoxy) is 1. The summed E-state index contributed by atoms with van der Waals surface area (Å²) in [4.78, 5) is 22.7. The third-order valence-electron chi connectivity index (χ3n) is 2.72. The number of hydrogen-bond acceptors (Lipinski definition) is 4. The van der Waals surface area contributed by atoms with Crippen LogP contribution in [0.1, 0.15) is 44.5 Å². The summed E-state index contributed by atoms with van der Waals surface area (Å²) in [6, 6.07) is -0.670. The fourth-order valence-corrected chi connectivity index (χ4v) is 1.72. The summed E-state index contributed by atoms with van der Waals surface area (Å²) in [6.07, 6.45) is 0.679. The molecule has 0 aliphatic rings. The van der Waals surface area contributed by atoms with Gasteiger partial charge < -0.3 is 15.2 Å². The molecule has 1 amide bonds. The highest BCUT2D eigenvalue weighted by molar-refractivity contribution is 5.72. The number of rotatable bonds is 4. The van der Waals surface area contributed by atoms with E-state index < -0.39 is 23.7 Å². The van der Waals surface area contributed by atoms with E-state index in [0.717, 1.165) is 5.69 Å². The molecule has 7 nitrogen and oxygen atoms in total. The minimum absolute atomic E-state index is 0.230. The molecule has 2 N–H and O–H groups in total. The molecule has 7 heteroatoms. The Morgan fingerprint density at radius 1 is 1.50 bits per heavy atom. The molecule has 0 saturated carbocycles. The maximum Gasteiger partial charge on any atom is 0.408 e. The van der Waals surface area contributed by atoms with Gasteiger partial charge in [-0.15, -0.1) is 0 Å². The first-order valence-corrected chi connectivity index (χ1v) is 6.30. The molecular formula is C13H21N3O4.